The van der Waals surface area contributed by atoms with Crippen molar-refractivity contribution in [3.05, 3.63) is 47.3 Å². The second kappa shape index (κ2) is 11.8. The van der Waals surface area contributed by atoms with Crippen LogP contribution >= 0.6 is 35.3 Å². The van der Waals surface area contributed by atoms with Gasteiger partial charge in [0.1, 0.15) is 5.75 Å². The predicted molar refractivity (Wildman–Crippen MR) is 138 cm³/mol. The van der Waals surface area contributed by atoms with Crippen molar-refractivity contribution in [1.82, 2.24) is 10.6 Å². The van der Waals surface area contributed by atoms with Gasteiger partial charge < -0.3 is 20.3 Å². The fraction of sp³-hybridized carbons (Fsp3) is 0.522. The minimum atomic E-state index is 0. The average Bonchev–Trinajstić information content (AvgIpc) is 3.47. The summed E-state index contributed by atoms with van der Waals surface area (Å²) in [6.07, 6.45) is 7.55. The molecule has 0 atom stereocenters. The van der Waals surface area contributed by atoms with E-state index in [-0.39, 0.29) is 24.0 Å². The first kappa shape index (κ1) is 23.2. The number of nitrogens with one attached hydrogen (secondary N) is 2. The number of nitrogens with zero attached hydrogens (tertiary/aromatic N) is 2. The first-order chi connectivity index (χ1) is 14.3. The molecular formula is C23H33IN4OS. The summed E-state index contributed by atoms with van der Waals surface area (Å²) in [6.45, 7) is 2.90. The van der Waals surface area contributed by atoms with E-state index in [0.717, 1.165) is 44.2 Å². The molecular weight excluding hydrogens is 507 g/mol. The second-order valence-electron chi connectivity index (χ2n) is 7.91. The number of aliphatic imine (C=N–C) groups is 1. The summed E-state index contributed by atoms with van der Waals surface area (Å²) in [7, 11) is 1.84. The minimum absolute atomic E-state index is 0. The molecule has 1 saturated heterocycles. The van der Waals surface area contributed by atoms with Gasteiger partial charge in [0, 0.05) is 38.3 Å². The number of hydrogen-bond acceptors (Lipinski definition) is 4. The molecule has 164 valence electrons. The Bertz CT molecular complexity index is 784. The number of piperidine rings is 1. The fourth-order valence-electron chi connectivity index (χ4n) is 4.21. The van der Waals surface area contributed by atoms with Crippen LogP contribution in [0.4, 0.5) is 5.00 Å². The molecule has 5 nitrogen and oxygen atoms in total. The van der Waals surface area contributed by atoms with Crippen molar-refractivity contribution in [2.24, 2.45) is 4.99 Å². The van der Waals surface area contributed by atoms with Crippen molar-refractivity contribution in [3.8, 4) is 5.75 Å². The number of benzene rings is 1. The van der Waals surface area contributed by atoms with Crippen LogP contribution in [0.5, 0.6) is 5.75 Å². The molecule has 0 spiro atoms. The first-order valence-electron chi connectivity index (χ1n) is 10.8. The molecule has 2 aromatic rings. The quantitative estimate of drug-likeness (QED) is 0.307. The number of halogens is 1. The molecule has 0 unspecified atom stereocenters. The van der Waals surface area contributed by atoms with Crippen LogP contribution in [0.3, 0.4) is 0 Å². The van der Waals surface area contributed by atoms with Crippen molar-refractivity contribution >= 4 is 46.3 Å². The smallest absolute Gasteiger partial charge is 0.191 e. The number of para-hydroxylation sites is 1. The average molecular weight is 541 g/mol. The van der Waals surface area contributed by atoms with E-state index >= 15 is 0 Å². The highest BCUT2D eigenvalue weighted by Crippen LogP contribution is 2.27. The third-order valence-electron chi connectivity index (χ3n) is 5.89. The molecule has 1 aromatic carbocycles. The molecule has 0 bridgehead atoms. The highest BCUT2D eigenvalue weighted by atomic mass is 127. The summed E-state index contributed by atoms with van der Waals surface area (Å²) in [5.74, 6) is 1.88. The topological polar surface area (TPSA) is 48.9 Å². The van der Waals surface area contributed by atoms with E-state index in [1.54, 1.807) is 0 Å². The zero-order valence-corrected chi connectivity index (χ0v) is 20.8. The van der Waals surface area contributed by atoms with Gasteiger partial charge in [-0.1, -0.05) is 18.2 Å². The van der Waals surface area contributed by atoms with Gasteiger partial charge >= 0.3 is 0 Å². The standard InChI is InChI=1S/C23H32N4OS.HI/c1-24-23(26-19-12-14-27(15-13-19)22-11-6-16-29-22)25-17-18-7-2-5-10-21(18)28-20-8-3-4-9-20;/h2,5-7,10-11,16,19-20H,3-4,8-9,12-15,17H2,1H3,(H2,24,25,26);1H. The zero-order chi connectivity index (χ0) is 19.9. The molecule has 1 aliphatic carbocycles. The van der Waals surface area contributed by atoms with E-state index in [4.69, 9.17) is 4.74 Å². The maximum atomic E-state index is 6.26. The summed E-state index contributed by atoms with van der Waals surface area (Å²) in [5, 5.41) is 10.6. The van der Waals surface area contributed by atoms with Gasteiger partial charge in [-0.2, -0.15) is 0 Å². The third-order valence-corrected chi connectivity index (χ3v) is 6.82. The summed E-state index contributed by atoms with van der Waals surface area (Å²) in [5.41, 5.74) is 1.19. The molecule has 7 heteroatoms. The maximum absolute atomic E-state index is 6.26. The Morgan fingerprint density at radius 2 is 1.87 bits per heavy atom. The lowest BCUT2D eigenvalue weighted by Gasteiger charge is -2.33. The van der Waals surface area contributed by atoms with Crippen molar-refractivity contribution in [1.29, 1.82) is 0 Å². The Balaban J connectivity index is 0.00000256. The number of thiophene rings is 1. The van der Waals surface area contributed by atoms with Crippen LogP contribution in [-0.4, -0.2) is 38.2 Å². The van der Waals surface area contributed by atoms with Crippen molar-refractivity contribution < 1.29 is 4.74 Å². The normalized spacial score (nSPS) is 18.2. The van der Waals surface area contributed by atoms with Crippen molar-refractivity contribution in [3.63, 3.8) is 0 Å². The molecule has 0 amide bonds. The molecule has 4 rings (SSSR count). The van der Waals surface area contributed by atoms with Crippen LogP contribution in [0.2, 0.25) is 0 Å². The van der Waals surface area contributed by atoms with E-state index in [9.17, 15) is 0 Å². The molecule has 1 aromatic heterocycles. The lowest BCUT2D eigenvalue weighted by molar-refractivity contribution is 0.208. The van der Waals surface area contributed by atoms with Crippen LogP contribution in [0.25, 0.3) is 0 Å². The molecule has 1 aliphatic heterocycles. The van der Waals surface area contributed by atoms with Crippen LogP contribution in [-0.2, 0) is 6.54 Å². The van der Waals surface area contributed by atoms with Gasteiger partial charge in [-0.15, -0.1) is 35.3 Å². The molecule has 1 saturated carbocycles. The van der Waals surface area contributed by atoms with Gasteiger partial charge in [0.2, 0.25) is 0 Å². The zero-order valence-electron chi connectivity index (χ0n) is 17.7. The van der Waals surface area contributed by atoms with Crippen LogP contribution in [0.1, 0.15) is 44.1 Å². The Labute approximate surface area is 201 Å². The predicted octanol–water partition coefficient (Wildman–Crippen LogP) is 5.02. The van der Waals surface area contributed by atoms with Crippen LogP contribution < -0.4 is 20.3 Å². The summed E-state index contributed by atoms with van der Waals surface area (Å²) < 4.78 is 6.26. The van der Waals surface area contributed by atoms with Crippen LogP contribution in [0, 0.1) is 0 Å². The van der Waals surface area contributed by atoms with Crippen LogP contribution in [0.15, 0.2) is 46.8 Å². The third kappa shape index (κ3) is 6.26. The molecule has 2 fully saturated rings. The Kier molecular flexibility index (Phi) is 9.11. The van der Waals surface area contributed by atoms with Gasteiger partial charge in [-0.3, -0.25) is 4.99 Å². The fourth-order valence-corrected chi connectivity index (χ4v) is 5.00. The molecule has 2 N–H and O–H groups in total. The summed E-state index contributed by atoms with van der Waals surface area (Å²) in [6, 6.07) is 13.2. The summed E-state index contributed by atoms with van der Waals surface area (Å²) >= 11 is 1.82. The highest BCUT2D eigenvalue weighted by Gasteiger charge is 2.21. The second-order valence-corrected chi connectivity index (χ2v) is 8.84. The molecule has 2 aliphatic rings. The van der Waals surface area contributed by atoms with E-state index in [0.29, 0.717) is 12.1 Å². The Morgan fingerprint density at radius 3 is 2.57 bits per heavy atom. The number of rotatable bonds is 6. The van der Waals surface area contributed by atoms with Gasteiger partial charge in [0.05, 0.1) is 11.1 Å². The highest BCUT2D eigenvalue weighted by molar-refractivity contribution is 14.0. The van der Waals surface area contributed by atoms with E-state index in [1.165, 1.54) is 36.2 Å². The van der Waals surface area contributed by atoms with Gasteiger partial charge in [0.25, 0.3) is 0 Å². The van der Waals surface area contributed by atoms with E-state index in [2.05, 4.69) is 62.3 Å². The molecule has 30 heavy (non-hydrogen) atoms. The van der Waals surface area contributed by atoms with E-state index < -0.39 is 0 Å². The largest absolute Gasteiger partial charge is 0.490 e. The Hall–Kier alpha value is -1.48. The monoisotopic (exact) mass is 540 g/mol. The summed E-state index contributed by atoms with van der Waals surface area (Å²) in [4.78, 5) is 6.92. The number of anilines is 1. The molecule has 0 radical (unpaired) electrons. The number of ether oxygens (including phenoxy) is 1. The number of hydrogen-bond donors (Lipinski definition) is 2. The first-order valence-corrected chi connectivity index (χ1v) is 11.7. The lowest BCUT2D eigenvalue weighted by atomic mass is 10.1. The SMILES string of the molecule is CN=C(NCc1ccccc1OC1CCCC1)NC1CCN(c2cccs2)CC1.I. The van der Waals surface area contributed by atoms with Gasteiger partial charge in [-0.25, -0.2) is 0 Å². The lowest BCUT2D eigenvalue weighted by Crippen LogP contribution is -2.48. The van der Waals surface area contributed by atoms with Crippen molar-refractivity contribution in [2.75, 3.05) is 25.0 Å². The molecule has 2 heterocycles. The van der Waals surface area contributed by atoms with E-state index in [1.807, 2.05) is 18.4 Å². The van der Waals surface area contributed by atoms with Gasteiger partial charge in [0.15, 0.2) is 5.96 Å². The maximum Gasteiger partial charge on any atom is 0.191 e. The minimum Gasteiger partial charge on any atom is -0.490 e. The number of guanidine groups is 1. The van der Waals surface area contributed by atoms with Crippen molar-refractivity contribution in [2.45, 2.75) is 57.2 Å². The van der Waals surface area contributed by atoms with Gasteiger partial charge in [-0.05, 0) is 62.1 Å². The Morgan fingerprint density at radius 1 is 1.10 bits per heavy atom.